The van der Waals surface area contributed by atoms with Gasteiger partial charge in [0.1, 0.15) is 0 Å². The number of aliphatic hydroxyl groups is 1. The number of ether oxygens (including phenoxy) is 1. The molecule has 0 spiro atoms. The first kappa shape index (κ1) is 9.39. The average molecular weight is 148 g/mol. The van der Waals surface area contributed by atoms with Crippen molar-refractivity contribution in [3.05, 3.63) is 0 Å². The second kappa shape index (κ2) is 4.24. The maximum atomic E-state index is 9.98. The van der Waals surface area contributed by atoms with Crippen molar-refractivity contribution in [3.63, 3.8) is 0 Å². The van der Waals surface area contributed by atoms with E-state index in [1.165, 1.54) is 0 Å². The summed E-state index contributed by atoms with van der Waals surface area (Å²) in [5, 5.41) is 16.8. The van der Waals surface area contributed by atoms with Crippen LogP contribution in [0.5, 0.6) is 0 Å². The standard InChI is InChI=1S/C6H12O4/c1-4(2)10-3-5(7)6(8)9/h4-5,7H,3H2,1-2H3,(H,8,9)/t5-/m1/s1. The van der Waals surface area contributed by atoms with Gasteiger partial charge in [-0.15, -0.1) is 0 Å². The van der Waals surface area contributed by atoms with E-state index in [0.29, 0.717) is 0 Å². The van der Waals surface area contributed by atoms with Crippen LogP contribution in [-0.2, 0) is 9.53 Å². The monoisotopic (exact) mass is 148 g/mol. The highest BCUT2D eigenvalue weighted by Gasteiger charge is 2.12. The molecule has 0 fully saturated rings. The van der Waals surface area contributed by atoms with Crippen molar-refractivity contribution in [2.24, 2.45) is 0 Å². The molecule has 0 amide bonds. The summed E-state index contributed by atoms with van der Waals surface area (Å²) < 4.78 is 4.83. The van der Waals surface area contributed by atoms with Gasteiger partial charge in [-0.2, -0.15) is 0 Å². The van der Waals surface area contributed by atoms with Gasteiger partial charge in [-0.05, 0) is 13.8 Å². The number of carboxylic acid groups (broad SMARTS) is 1. The van der Waals surface area contributed by atoms with Gasteiger partial charge in [-0.25, -0.2) is 4.79 Å². The molecule has 10 heavy (non-hydrogen) atoms. The van der Waals surface area contributed by atoms with Gasteiger partial charge in [0.2, 0.25) is 0 Å². The number of hydrogen-bond acceptors (Lipinski definition) is 3. The lowest BCUT2D eigenvalue weighted by Crippen LogP contribution is -2.26. The summed E-state index contributed by atoms with van der Waals surface area (Å²) in [6.45, 7) is 3.40. The molecule has 0 aliphatic carbocycles. The molecule has 0 aromatic carbocycles. The molecule has 0 rings (SSSR count). The van der Waals surface area contributed by atoms with Gasteiger partial charge in [0, 0.05) is 0 Å². The number of aliphatic carboxylic acids is 1. The van der Waals surface area contributed by atoms with Gasteiger partial charge in [-0.1, -0.05) is 0 Å². The van der Waals surface area contributed by atoms with Gasteiger partial charge in [0.05, 0.1) is 12.7 Å². The molecule has 1 atom stereocenters. The van der Waals surface area contributed by atoms with Crippen LogP contribution >= 0.6 is 0 Å². The highest BCUT2D eigenvalue weighted by Crippen LogP contribution is 1.90. The predicted molar refractivity (Wildman–Crippen MR) is 34.7 cm³/mol. The third-order valence-electron chi connectivity index (χ3n) is 0.872. The van der Waals surface area contributed by atoms with Crippen LogP contribution in [0.3, 0.4) is 0 Å². The van der Waals surface area contributed by atoms with Crippen LogP contribution in [0.25, 0.3) is 0 Å². The Kier molecular flexibility index (Phi) is 3.99. The summed E-state index contributed by atoms with van der Waals surface area (Å²) in [6.07, 6.45) is -1.45. The minimum absolute atomic E-state index is 0.0472. The number of carboxylic acids is 1. The molecule has 0 aromatic rings. The first-order valence-corrected chi connectivity index (χ1v) is 3.06. The van der Waals surface area contributed by atoms with Crippen LogP contribution in [-0.4, -0.2) is 35.0 Å². The molecule has 0 unspecified atom stereocenters. The predicted octanol–water partition coefficient (Wildman–Crippen LogP) is -0.143. The summed E-state index contributed by atoms with van der Waals surface area (Å²) in [6, 6.07) is 0. The van der Waals surface area contributed by atoms with E-state index in [4.69, 9.17) is 14.9 Å². The molecule has 0 bridgehead atoms. The van der Waals surface area contributed by atoms with Gasteiger partial charge < -0.3 is 14.9 Å². The summed E-state index contributed by atoms with van der Waals surface area (Å²) >= 11 is 0. The Bertz CT molecular complexity index is 110. The smallest absolute Gasteiger partial charge is 0.334 e. The zero-order valence-corrected chi connectivity index (χ0v) is 6.07. The van der Waals surface area contributed by atoms with Gasteiger partial charge in [0.15, 0.2) is 6.10 Å². The van der Waals surface area contributed by atoms with Crippen LogP contribution < -0.4 is 0 Å². The van der Waals surface area contributed by atoms with E-state index in [0.717, 1.165) is 0 Å². The maximum Gasteiger partial charge on any atom is 0.334 e. The maximum absolute atomic E-state index is 9.98. The van der Waals surface area contributed by atoms with Crippen molar-refractivity contribution in [1.29, 1.82) is 0 Å². The Balaban J connectivity index is 3.40. The molecule has 60 valence electrons. The lowest BCUT2D eigenvalue weighted by atomic mass is 10.4. The van der Waals surface area contributed by atoms with Crippen molar-refractivity contribution >= 4 is 5.97 Å². The van der Waals surface area contributed by atoms with Crippen molar-refractivity contribution < 1.29 is 19.7 Å². The Morgan fingerprint density at radius 2 is 2.10 bits per heavy atom. The zero-order valence-electron chi connectivity index (χ0n) is 6.07. The summed E-state index contributed by atoms with van der Waals surface area (Å²) in [7, 11) is 0. The fourth-order valence-electron chi connectivity index (χ4n) is 0.355. The molecule has 0 saturated carbocycles. The molecule has 4 nitrogen and oxygen atoms in total. The quantitative estimate of drug-likeness (QED) is 0.582. The van der Waals surface area contributed by atoms with Crippen LogP contribution in [0.2, 0.25) is 0 Å². The van der Waals surface area contributed by atoms with Crippen molar-refractivity contribution in [3.8, 4) is 0 Å². The van der Waals surface area contributed by atoms with Crippen molar-refractivity contribution in [1.82, 2.24) is 0 Å². The molecule has 0 aromatic heterocycles. The van der Waals surface area contributed by atoms with E-state index in [9.17, 15) is 4.79 Å². The summed E-state index contributed by atoms with van der Waals surface area (Å²) in [4.78, 5) is 9.98. The Morgan fingerprint density at radius 1 is 1.60 bits per heavy atom. The van der Waals surface area contributed by atoms with E-state index >= 15 is 0 Å². The molecular formula is C6H12O4. The topological polar surface area (TPSA) is 66.8 Å². The van der Waals surface area contributed by atoms with E-state index < -0.39 is 12.1 Å². The lowest BCUT2D eigenvalue weighted by molar-refractivity contribution is -0.150. The van der Waals surface area contributed by atoms with Crippen molar-refractivity contribution in [2.45, 2.75) is 26.1 Å². The molecular weight excluding hydrogens is 136 g/mol. The molecule has 0 heterocycles. The first-order valence-electron chi connectivity index (χ1n) is 3.06. The fourth-order valence-corrected chi connectivity index (χ4v) is 0.355. The Hall–Kier alpha value is -0.610. The average Bonchev–Trinajstić information content (AvgIpc) is 1.82. The second-order valence-corrected chi connectivity index (χ2v) is 2.24. The highest BCUT2D eigenvalue weighted by molar-refractivity contribution is 5.71. The van der Waals surface area contributed by atoms with Gasteiger partial charge >= 0.3 is 5.97 Å². The Morgan fingerprint density at radius 3 is 2.40 bits per heavy atom. The van der Waals surface area contributed by atoms with E-state index in [1.807, 2.05) is 0 Å². The SMILES string of the molecule is CC(C)OC[C@@H](O)C(=O)O. The minimum atomic E-state index is -1.40. The van der Waals surface area contributed by atoms with Crippen LogP contribution in [0.4, 0.5) is 0 Å². The van der Waals surface area contributed by atoms with Crippen LogP contribution in [0, 0.1) is 0 Å². The van der Waals surface area contributed by atoms with E-state index in [1.54, 1.807) is 13.8 Å². The zero-order chi connectivity index (χ0) is 8.15. The summed E-state index contributed by atoms with van der Waals surface area (Å²) in [5.74, 6) is -1.25. The van der Waals surface area contributed by atoms with E-state index in [2.05, 4.69) is 0 Å². The molecule has 0 aliphatic rings. The largest absolute Gasteiger partial charge is 0.479 e. The number of carbonyl (C=O) groups is 1. The number of hydrogen-bond donors (Lipinski definition) is 2. The first-order chi connectivity index (χ1) is 4.54. The molecule has 0 saturated heterocycles. The second-order valence-electron chi connectivity index (χ2n) is 2.24. The van der Waals surface area contributed by atoms with E-state index in [-0.39, 0.29) is 12.7 Å². The number of aliphatic hydroxyl groups excluding tert-OH is 1. The number of rotatable bonds is 4. The third kappa shape index (κ3) is 4.29. The summed E-state index contributed by atoms with van der Waals surface area (Å²) in [5.41, 5.74) is 0. The molecule has 4 heteroatoms. The van der Waals surface area contributed by atoms with Crippen LogP contribution in [0.1, 0.15) is 13.8 Å². The van der Waals surface area contributed by atoms with Gasteiger partial charge in [0.25, 0.3) is 0 Å². The highest BCUT2D eigenvalue weighted by atomic mass is 16.5. The molecule has 2 N–H and O–H groups in total. The molecule has 0 radical (unpaired) electrons. The fraction of sp³-hybridized carbons (Fsp3) is 0.833. The van der Waals surface area contributed by atoms with Crippen LogP contribution in [0.15, 0.2) is 0 Å². The lowest BCUT2D eigenvalue weighted by Gasteiger charge is -2.08. The minimum Gasteiger partial charge on any atom is -0.479 e. The normalized spacial score (nSPS) is 13.6. The van der Waals surface area contributed by atoms with Crippen molar-refractivity contribution in [2.75, 3.05) is 6.61 Å². The third-order valence-corrected chi connectivity index (χ3v) is 0.872. The van der Waals surface area contributed by atoms with Gasteiger partial charge in [-0.3, -0.25) is 0 Å². The Labute approximate surface area is 59.4 Å². The molecule has 0 aliphatic heterocycles.